The quantitative estimate of drug-likeness (QED) is 0.125. The molecule has 6 N–H and O–H groups in total. The first kappa shape index (κ1) is 34.7. The van der Waals surface area contributed by atoms with Crippen LogP contribution in [0.5, 0.6) is 0 Å². The highest BCUT2D eigenvalue weighted by molar-refractivity contribution is 5.98. The predicted molar refractivity (Wildman–Crippen MR) is 185 cm³/mol. The number of anilines is 1. The van der Waals surface area contributed by atoms with Gasteiger partial charge in [-0.1, -0.05) is 30.3 Å². The third kappa shape index (κ3) is 9.49. The summed E-state index contributed by atoms with van der Waals surface area (Å²) in [5.41, 5.74) is 5.68. The molecule has 0 bridgehead atoms. The Morgan fingerprint density at radius 3 is 2.20 bits per heavy atom. The fourth-order valence-corrected chi connectivity index (χ4v) is 6.11. The molecule has 4 amide bonds. The molecule has 1 aliphatic rings. The summed E-state index contributed by atoms with van der Waals surface area (Å²) in [5.74, 6) is -0.298. The second-order valence-corrected chi connectivity index (χ2v) is 12.8. The van der Waals surface area contributed by atoms with Gasteiger partial charge in [-0.2, -0.15) is 5.21 Å². The summed E-state index contributed by atoms with van der Waals surface area (Å²) in [6.07, 6.45) is 1.92. The molecular formula is C36H42N8O5. The normalized spacial score (nSPS) is 16.4. The number of carbonyl (C=O) groups is 4. The van der Waals surface area contributed by atoms with E-state index in [4.69, 9.17) is 5.11 Å². The summed E-state index contributed by atoms with van der Waals surface area (Å²) in [6.45, 7) is 6.18. The summed E-state index contributed by atoms with van der Waals surface area (Å²) in [7, 11) is 0. The van der Waals surface area contributed by atoms with Crippen molar-refractivity contribution in [2.45, 2.75) is 65.0 Å². The molecule has 13 nitrogen and oxygen atoms in total. The number of amides is 4. The van der Waals surface area contributed by atoms with E-state index in [1.165, 1.54) is 0 Å². The lowest BCUT2D eigenvalue weighted by molar-refractivity contribution is -0.130. The van der Waals surface area contributed by atoms with Gasteiger partial charge in [0.05, 0.1) is 0 Å². The van der Waals surface area contributed by atoms with Crippen molar-refractivity contribution in [3.8, 4) is 22.5 Å². The molecule has 1 aromatic heterocycles. The Morgan fingerprint density at radius 1 is 0.898 bits per heavy atom. The maximum absolute atomic E-state index is 13.7. The Morgan fingerprint density at radius 2 is 1.59 bits per heavy atom. The van der Waals surface area contributed by atoms with Crippen molar-refractivity contribution in [3.63, 3.8) is 0 Å². The first-order valence-electron chi connectivity index (χ1n) is 16.5. The van der Waals surface area contributed by atoms with E-state index in [2.05, 4.69) is 41.9 Å². The van der Waals surface area contributed by atoms with Crippen LogP contribution in [0.2, 0.25) is 0 Å². The number of aryl methyl sites for hydroxylation is 1. The largest absolute Gasteiger partial charge is 0.465 e. The molecule has 0 aliphatic heterocycles. The molecule has 256 valence electrons. The monoisotopic (exact) mass is 666 g/mol. The fraction of sp³-hybridized carbons (Fsp3) is 0.361. The minimum absolute atomic E-state index is 0.0436. The summed E-state index contributed by atoms with van der Waals surface area (Å²) >= 11 is 0. The Labute approximate surface area is 284 Å². The molecule has 0 radical (unpaired) electrons. The lowest BCUT2D eigenvalue weighted by Gasteiger charge is -2.29. The van der Waals surface area contributed by atoms with Gasteiger partial charge >= 0.3 is 6.09 Å². The highest BCUT2D eigenvalue weighted by Gasteiger charge is 2.30. The molecular weight excluding hydrogens is 624 g/mol. The zero-order valence-corrected chi connectivity index (χ0v) is 27.8. The van der Waals surface area contributed by atoms with Crippen LogP contribution >= 0.6 is 0 Å². The van der Waals surface area contributed by atoms with Gasteiger partial charge in [0, 0.05) is 41.7 Å². The summed E-state index contributed by atoms with van der Waals surface area (Å²) in [6, 6.07) is 19.7. The number of nitrogens with one attached hydrogen (secondary N) is 5. The molecule has 3 aromatic carbocycles. The number of nitrogens with zero attached hydrogens (tertiary/aromatic N) is 3. The molecule has 13 heteroatoms. The zero-order valence-electron chi connectivity index (χ0n) is 27.8. The van der Waals surface area contributed by atoms with Gasteiger partial charge in [-0.25, -0.2) is 4.79 Å². The van der Waals surface area contributed by atoms with E-state index < -0.39 is 12.1 Å². The topological polar surface area (TPSA) is 191 Å². The number of benzene rings is 3. The molecule has 49 heavy (non-hydrogen) atoms. The second-order valence-electron chi connectivity index (χ2n) is 12.8. The maximum Gasteiger partial charge on any atom is 0.404 e. The van der Waals surface area contributed by atoms with Crippen LogP contribution < -0.4 is 21.3 Å². The Balaban J connectivity index is 1.28. The molecule has 1 fully saturated rings. The highest BCUT2D eigenvalue weighted by atomic mass is 16.4. The van der Waals surface area contributed by atoms with Gasteiger partial charge in [-0.3, -0.25) is 14.4 Å². The second kappa shape index (κ2) is 16.0. The van der Waals surface area contributed by atoms with Crippen LogP contribution in [0.1, 0.15) is 61.0 Å². The lowest BCUT2D eigenvalue weighted by atomic mass is 9.81. The number of rotatable bonds is 12. The Hall–Kier alpha value is -5.59. The van der Waals surface area contributed by atoms with Crippen LogP contribution in [0.3, 0.4) is 0 Å². The number of H-pyrrole nitrogens is 1. The van der Waals surface area contributed by atoms with E-state index in [9.17, 15) is 19.2 Å². The number of hydrogen-bond acceptors (Lipinski definition) is 7. The molecule has 1 aliphatic carbocycles. The van der Waals surface area contributed by atoms with E-state index in [-0.39, 0.29) is 42.0 Å². The molecule has 0 saturated heterocycles. The van der Waals surface area contributed by atoms with Crippen LogP contribution in [0.15, 0.2) is 66.7 Å². The average Bonchev–Trinajstić information content (AvgIpc) is 3.63. The van der Waals surface area contributed by atoms with E-state index >= 15 is 0 Å². The third-order valence-electron chi connectivity index (χ3n) is 8.76. The Bertz CT molecular complexity index is 1750. The summed E-state index contributed by atoms with van der Waals surface area (Å²) in [4.78, 5) is 50.5. The fourth-order valence-electron chi connectivity index (χ4n) is 6.11. The first-order chi connectivity index (χ1) is 23.5. The summed E-state index contributed by atoms with van der Waals surface area (Å²) in [5, 5.41) is 34.2. The molecule has 4 aromatic rings. The van der Waals surface area contributed by atoms with Gasteiger partial charge in [-0.05, 0) is 116 Å². The molecule has 1 saturated carbocycles. The van der Waals surface area contributed by atoms with Gasteiger partial charge in [0.1, 0.15) is 6.04 Å². The zero-order chi connectivity index (χ0) is 34.9. The predicted octanol–water partition coefficient (Wildman–Crippen LogP) is 4.72. The van der Waals surface area contributed by atoms with Gasteiger partial charge in [0.25, 0.3) is 5.91 Å². The number of tetrazole rings is 1. The standard InChI is InChI=1S/C36H42N8O5/c1-21(2)38-34(46)28-14-17-30(22(3)18-28)25-8-4-23(5-9-25)19-31(40-33(45)27-10-6-24(7-11-27)20-37-36(48)49)35(47)39-29-15-12-26(13-16-29)32-41-43-44-42-32/h4-5,8-9,12-18,21,24,27,31,37H,6-7,10-11,19-20H2,1-3H3,(H,38,46)(H,39,47)(H,40,45)(H,48,49)(H,41,42,43,44)/t24-,27-,31-/m0/s1. The molecule has 0 spiro atoms. The van der Waals surface area contributed by atoms with Crippen LogP contribution in [-0.4, -0.2) is 68.2 Å². The van der Waals surface area contributed by atoms with Gasteiger partial charge < -0.3 is 26.4 Å². The molecule has 1 atom stereocenters. The van der Waals surface area contributed by atoms with Crippen LogP contribution in [0.4, 0.5) is 10.5 Å². The molecule has 0 unspecified atom stereocenters. The van der Waals surface area contributed by atoms with Crippen molar-refractivity contribution < 1.29 is 24.3 Å². The van der Waals surface area contributed by atoms with Crippen molar-refractivity contribution in [2.75, 3.05) is 11.9 Å². The van der Waals surface area contributed by atoms with Crippen LogP contribution in [-0.2, 0) is 16.0 Å². The van der Waals surface area contributed by atoms with E-state index in [0.717, 1.165) is 40.7 Å². The van der Waals surface area contributed by atoms with Crippen molar-refractivity contribution in [2.24, 2.45) is 11.8 Å². The van der Waals surface area contributed by atoms with Crippen molar-refractivity contribution >= 4 is 29.5 Å². The Kier molecular flexibility index (Phi) is 11.3. The SMILES string of the molecule is Cc1cc(C(=O)NC(C)C)ccc1-c1ccc(C[C@H](NC(=O)[C@H]2CC[C@H](CNC(=O)O)CC2)C(=O)Nc2ccc(-c3nn[nH]n3)cc2)cc1. The third-order valence-corrected chi connectivity index (χ3v) is 8.76. The van der Waals surface area contributed by atoms with E-state index in [0.29, 0.717) is 36.5 Å². The van der Waals surface area contributed by atoms with E-state index in [1.807, 2.05) is 63.2 Å². The van der Waals surface area contributed by atoms with Gasteiger partial charge in [-0.15, -0.1) is 10.2 Å². The number of carbonyl (C=O) groups excluding carboxylic acids is 3. The number of hydrogen-bond donors (Lipinski definition) is 6. The first-order valence-corrected chi connectivity index (χ1v) is 16.5. The van der Waals surface area contributed by atoms with Crippen molar-refractivity contribution in [1.29, 1.82) is 0 Å². The van der Waals surface area contributed by atoms with Crippen LogP contribution in [0, 0.1) is 18.8 Å². The highest BCUT2D eigenvalue weighted by Crippen LogP contribution is 2.29. The van der Waals surface area contributed by atoms with Crippen molar-refractivity contribution in [1.82, 2.24) is 36.6 Å². The number of aromatic nitrogens is 4. The van der Waals surface area contributed by atoms with Crippen molar-refractivity contribution in [3.05, 3.63) is 83.4 Å². The summed E-state index contributed by atoms with van der Waals surface area (Å²) < 4.78 is 0. The number of aromatic amines is 1. The maximum atomic E-state index is 13.7. The smallest absolute Gasteiger partial charge is 0.404 e. The minimum atomic E-state index is -1.05. The van der Waals surface area contributed by atoms with E-state index in [1.54, 1.807) is 24.3 Å². The number of carboxylic acid groups (broad SMARTS) is 1. The average molecular weight is 667 g/mol. The van der Waals surface area contributed by atoms with Crippen LogP contribution in [0.25, 0.3) is 22.5 Å². The molecule has 5 rings (SSSR count). The van der Waals surface area contributed by atoms with Gasteiger partial charge in [0.15, 0.2) is 0 Å². The van der Waals surface area contributed by atoms with Gasteiger partial charge in [0.2, 0.25) is 17.6 Å². The minimum Gasteiger partial charge on any atom is -0.465 e. The lowest BCUT2D eigenvalue weighted by Crippen LogP contribution is -2.48. The molecule has 1 heterocycles.